The predicted octanol–water partition coefficient (Wildman–Crippen LogP) is 2.25. The van der Waals surface area contributed by atoms with Gasteiger partial charge in [0.2, 0.25) is 0 Å². The molecule has 0 amide bonds. The maximum absolute atomic E-state index is 9.24. The number of rotatable bonds is 5. The van der Waals surface area contributed by atoms with Crippen molar-refractivity contribution in [2.24, 2.45) is 0 Å². The summed E-state index contributed by atoms with van der Waals surface area (Å²) in [6.07, 6.45) is 4.72. The summed E-state index contributed by atoms with van der Waals surface area (Å²) < 4.78 is 10.7. The van der Waals surface area contributed by atoms with Gasteiger partial charge < -0.3 is 14.5 Å². The fourth-order valence-corrected chi connectivity index (χ4v) is 3.13. The Bertz CT molecular complexity index is 693. The lowest BCUT2D eigenvalue weighted by Gasteiger charge is -2.22. The van der Waals surface area contributed by atoms with Crippen molar-refractivity contribution in [3.63, 3.8) is 0 Å². The molecule has 1 saturated heterocycles. The van der Waals surface area contributed by atoms with Crippen LogP contribution in [0.5, 0.6) is 5.75 Å². The van der Waals surface area contributed by atoms with E-state index in [9.17, 15) is 5.26 Å². The number of hydrogen-bond acceptors (Lipinski definition) is 5. The molecule has 1 N–H and O–H groups in total. The molecule has 0 aliphatic carbocycles. The van der Waals surface area contributed by atoms with Crippen LogP contribution in [0.3, 0.4) is 0 Å². The first-order valence-electron chi connectivity index (χ1n) is 7.58. The van der Waals surface area contributed by atoms with Gasteiger partial charge in [-0.05, 0) is 24.1 Å². The molecule has 6 heteroatoms. The molecule has 6 nitrogen and oxygen atoms in total. The van der Waals surface area contributed by atoms with Crippen molar-refractivity contribution < 1.29 is 9.47 Å². The lowest BCUT2D eigenvalue weighted by Crippen LogP contribution is -2.25. The highest BCUT2D eigenvalue weighted by Gasteiger charge is 2.34. The third-order valence-electron chi connectivity index (χ3n) is 4.30. The molecule has 2 atom stereocenters. The van der Waals surface area contributed by atoms with Gasteiger partial charge in [0.1, 0.15) is 17.6 Å². The fourth-order valence-electron chi connectivity index (χ4n) is 3.13. The van der Waals surface area contributed by atoms with Gasteiger partial charge in [0.15, 0.2) is 0 Å². The van der Waals surface area contributed by atoms with Gasteiger partial charge in [0, 0.05) is 32.6 Å². The zero-order chi connectivity index (χ0) is 16.2. The molecule has 1 aromatic carbocycles. The highest BCUT2D eigenvalue weighted by Crippen LogP contribution is 2.33. The largest absolute Gasteiger partial charge is 0.495 e. The molecule has 2 aromatic rings. The molecule has 1 aliphatic rings. The van der Waals surface area contributed by atoms with E-state index >= 15 is 0 Å². The number of likely N-dealkylation sites (tertiary alicyclic amines) is 1. The van der Waals surface area contributed by atoms with Crippen LogP contribution in [0.25, 0.3) is 0 Å². The lowest BCUT2D eigenvalue weighted by molar-refractivity contribution is 0.107. The lowest BCUT2D eigenvalue weighted by atomic mass is 10.1. The number of nitrogens with one attached hydrogen (secondary N) is 1. The Morgan fingerprint density at radius 1 is 1.43 bits per heavy atom. The van der Waals surface area contributed by atoms with Gasteiger partial charge >= 0.3 is 0 Å². The standard InChI is InChI=1S/C17H20N4O2/c1-22-14-8-15(17-19-5-6-20-17)21(11-14)10-12-3-4-16(23-2)13(7-12)9-18/h3-7,14-15H,8,10-11H2,1-2H3,(H,19,20)/t14-,15?/m1/s1. The summed E-state index contributed by atoms with van der Waals surface area (Å²) >= 11 is 0. The second-order valence-corrected chi connectivity index (χ2v) is 5.66. The second-order valence-electron chi connectivity index (χ2n) is 5.66. The predicted molar refractivity (Wildman–Crippen MR) is 84.9 cm³/mol. The van der Waals surface area contributed by atoms with Gasteiger partial charge in [-0.25, -0.2) is 4.98 Å². The third-order valence-corrected chi connectivity index (χ3v) is 4.30. The normalized spacial score (nSPS) is 21.3. The van der Waals surface area contributed by atoms with Gasteiger partial charge in [0.25, 0.3) is 0 Å². The van der Waals surface area contributed by atoms with E-state index in [1.165, 1.54) is 0 Å². The maximum atomic E-state index is 9.24. The number of benzene rings is 1. The molecular formula is C17H20N4O2. The average molecular weight is 312 g/mol. The highest BCUT2D eigenvalue weighted by molar-refractivity contribution is 5.45. The summed E-state index contributed by atoms with van der Waals surface area (Å²) in [7, 11) is 3.32. The van der Waals surface area contributed by atoms with Crippen molar-refractivity contribution in [3.8, 4) is 11.8 Å². The number of H-pyrrole nitrogens is 1. The molecule has 0 saturated carbocycles. The number of imidazole rings is 1. The summed E-state index contributed by atoms with van der Waals surface area (Å²) in [5.74, 6) is 1.56. The van der Waals surface area contributed by atoms with E-state index < -0.39 is 0 Å². The first-order valence-corrected chi connectivity index (χ1v) is 7.58. The zero-order valence-electron chi connectivity index (χ0n) is 13.3. The highest BCUT2D eigenvalue weighted by atomic mass is 16.5. The summed E-state index contributed by atoms with van der Waals surface area (Å²) in [6.45, 7) is 1.58. The topological polar surface area (TPSA) is 74.2 Å². The van der Waals surface area contributed by atoms with E-state index in [-0.39, 0.29) is 12.1 Å². The number of nitriles is 1. The molecule has 0 bridgehead atoms. The molecule has 23 heavy (non-hydrogen) atoms. The summed E-state index contributed by atoms with van der Waals surface area (Å²) in [6, 6.07) is 8.11. The van der Waals surface area contributed by atoms with E-state index in [1.807, 2.05) is 24.4 Å². The van der Waals surface area contributed by atoms with Crippen LogP contribution >= 0.6 is 0 Å². The molecule has 1 unspecified atom stereocenters. The van der Waals surface area contributed by atoms with Gasteiger partial charge in [-0.15, -0.1) is 0 Å². The van der Waals surface area contributed by atoms with Crippen LogP contribution in [0.15, 0.2) is 30.6 Å². The first-order chi connectivity index (χ1) is 11.2. The number of hydrogen-bond donors (Lipinski definition) is 1. The number of aromatic amines is 1. The van der Waals surface area contributed by atoms with E-state index in [4.69, 9.17) is 9.47 Å². The van der Waals surface area contributed by atoms with E-state index in [0.717, 1.165) is 30.9 Å². The van der Waals surface area contributed by atoms with Crippen LogP contribution < -0.4 is 4.74 Å². The average Bonchev–Trinajstić information content (AvgIpc) is 3.23. The summed E-state index contributed by atoms with van der Waals surface area (Å²) in [5.41, 5.74) is 1.64. The molecule has 0 radical (unpaired) electrons. The minimum absolute atomic E-state index is 0.193. The molecule has 3 rings (SSSR count). The van der Waals surface area contributed by atoms with Gasteiger partial charge in [0.05, 0.1) is 24.8 Å². The molecule has 2 heterocycles. The summed E-state index contributed by atoms with van der Waals surface area (Å²) in [5, 5.41) is 9.24. The molecule has 1 aliphatic heterocycles. The quantitative estimate of drug-likeness (QED) is 0.916. The van der Waals surface area contributed by atoms with Gasteiger partial charge in [-0.2, -0.15) is 5.26 Å². The van der Waals surface area contributed by atoms with Crippen LogP contribution in [0.2, 0.25) is 0 Å². The zero-order valence-corrected chi connectivity index (χ0v) is 13.3. The molecular weight excluding hydrogens is 292 g/mol. The Hall–Kier alpha value is -2.36. The number of nitrogens with zero attached hydrogens (tertiary/aromatic N) is 3. The van der Waals surface area contributed by atoms with Crippen molar-refractivity contribution in [2.75, 3.05) is 20.8 Å². The monoisotopic (exact) mass is 312 g/mol. The third kappa shape index (κ3) is 3.21. The Labute approximate surface area is 135 Å². The van der Waals surface area contributed by atoms with Crippen molar-refractivity contribution >= 4 is 0 Å². The van der Waals surface area contributed by atoms with Crippen LogP contribution in [0, 0.1) is 11.3 Å². The molecule has 0 spiro atoms. The van der Waals surface area contributed by atoms with Crippen LogP contribution in [0.4, 0.5) is 0 Å². The Morgan fingerprint density at radius 3 is 2.96 bits per heavy atom. The van der Waals surface area contributed by atoms with E-state index in [0.29, 0.717) is 11.3 Å². The van der Waals surface area contributed by atoms with E-state index in [1.54, 1.807) is 20.4 Å². The molecule has 1 fully saturated rings. The molecule has 120 valence electrons. The van der Waals surface area contributed by atoms with E-state index in [2.05, 4.69) is 20.9 Å². The Kier molecular flexibility index (Phi) is 4.60. The smallest absolute Gasteiger partial charge is 0.136 e. The number of ether oxygens (including phenoxy) is 2. The number of methoxy groups -OCH3 is 2. The van der Waals surface area contributed by atoms with Gasteiger partial charge in [-0.1, -0.05) is 6.07 Å². The van der Waals surface area contributed by atoms with Crippen molar-refractivity contribution in [1.82, 2.24) is 14.9 Å². The second kappa shape index (κ2) is 6.82. The minimum atomic E-state index is 0.193. The van der Waals surface area contributed by atoms with Crippen LogP contribution in [-0.4, -0.2) is 41.7 Å². The van der Waals surface area contributed by atoms with Crippen LogP contribution in [0.1, 0.15) is 29.4 Å². The number of aromatic nitrogens is 2. The van der Waals surface area contributed by atoms with Crippen molar-refractivity contribution in [3.05, 3.63) is 47.5 Å². The maximum Gasteiger partial charge on any atom is 0.136 e. The van der Waals surface area contributed by atoms with Crippen molar-refractivity contribution in [1.29, 1.82) is 5.26 Å². The fraction of sp³-hybridized carbons (Fsp3) is 0.412. The van der Waals surface area contributed by atoms with Crippen molar-refractivity contribution in [2.45, 2.75) is 25.1 Å². The summed E-state index contributed by atoms with van der Waals surface area (Å²) in [4.78, 5) is 9.92. The van der Waals surface area contributed by atoms with Crippen LogP contribution in [-0.2, 0) is 11.3 Å². The SMILES string of the molecule is COc1ccc(CN2C[C@H](OC)CC2c2ncc[nH]2)cc1C#N. The first kappa shape index (κ1) is 15.5. The van der Waals surface area contributed by atoms with Gasteiger partial charge in [-0.3, -0.25) is 4.90 Å². The molecule has 1 aromatic heterocycles. The minimum Gasteiger partial charge on any atom is -0.495 e. The Morgan fingerprint density at radius 2 is 2.30 bits per heavy atom. The Balaban J connectivity index is 1.81.